The molecule has 11 heteroatoms. The number of rotatable bonds is 12. The zero-order valence-electron chi connectivity index (χ0n) is 32.2. The first-order chi connectivity index (χ1) is 26.6. The second-order valence-corrected chi connectivity index (χ2v) is 21.9. The summed E-state index contributed by atoms with van der Waals surface area (Å²) >= 11 is 0. The van der Waals surface area contributed by atoms with Crippen molar-refractivity contribution >= 4 is 25.1 Å². The molecule has 1 amide bonds. The van der Waals surface area contributed by atoms with Crippen molar-refractivity contribution in [3.8, 4) is 22.9 Å². The van der Waals surface area contributed by atoms with Gasteiger partial charge in [0.2, 0.25) is 5.88 Å². The molecular weight excluding hydrogens is 705 g/mol. The standard InChI is InChI=1S/C44H50N6O4Si/c1-44-19-8-7-11-38(44)36-9-5-6-10-37(36)39(44)30-53-43(51)49-23-21-48(22-24-49)29-34-14-12-32-27-35(15-16-40(32)47-34)54-42-17-13-33(28-45-42)41-18-20-46-50(41)31-52-25-26-55(2,3)4/h5-20,27-28,38-39H,21-26,29-31H2,1-4H3. The molecule has 3 atom stereocenters. The maximum atomic E-state index is 13.2. The van der Waals surface area contributed by atoms with Crippen LogP contribution in [0, 0.1) is 5.41 Å². The van der Waals surface area contributed by atoms with Crippen molar-refractivity contribution in [2.24, 2.45) is 5.41 Å². The van der Waals surface area contributed by atoms with Crippen LogP contribution in [0.3, 0.4) is 0 Å². The molecule has 0 radical (unpaired) electrons. The number of nitrogens with zero attached hydrogens (tertiary/aromatic N) is 6. The molecule has 55 heavy (non-hydrogen) atoms. The van der Waals surface area contributed by atoms with E-state index in [2.05, 4.69) is 102 Å². The van der Waals surface area contributed by atoms with E-state index in [0.717, 1.165) is 60.1 Å². The topological polar surface area (TPSA) is 94.8 Å². The Morgan fingerprint density at radius 2 is 1.78 bits per heavy atom. The van der Waals surface area contributed by atoms with E-state index in [1.165, 1.54) is 11.1 Å². The summed E-state index contributed by atoms with van der Waals surface area (Å²) in [5.41, 5.74) is 6.32. The van der Waals surface area contributed by atoms with Crippen molar-refractivity contribution in [3.05, 3.63) is 126 Å². The number of hydrogen-bond acceptors (Lipinski definition) is 8. The van der Waals surface area contributed by atoms with Gasteiger partial charge in [0.25, 0.3) is 0 Å². The fourth-order valence-corrected chi connectivity index (χ4v) is 8.78. The third-order valence-electron chi connectivity index (χ3n) is 11.3. The first-order valence-corrected chi connectivity index (χ1v) is 23.1. The average molecular weight is 755 g/mol. The molecule has 3 aromatic heterocycles. The van der Waals surface area contributed by atoms with Gasteiger partial charge in [-0.1, -0.05) is 81.2 Å². The number of carbonyl (C=O) groups excluding carboxylic acids is 1. The Balaban J connectivity index is 0.816. The van der Waals surface area contributed by atoms with Crippen LogP contribution in [0.5, 0.6) is 11.6 Å². The molecular formula is C44H50N6O4Si. The van der Waals surface area contributed by atoms with E-state index >= 15 is 0 Å². The van der Waals surface area contributed by atoms with Gasteiger partial charge in [0.15, 0.2) is 0 Å². The number of fused-ring (bicyclic) bond motifs is 4. The Hall–Kier alpha value is -5.10. The van der Waals surface area contributed by atoms with Crippen LogP contribution >= 0.6 is 0 Å². The number of hydrogen-bond donors (Lipinski definition) is 0. The molecule has 1 fully saturated rings. The smallest absolute Gasteiger partial charge is 0.409 e. The highest BCUT2D eigenvalue weighted by Crippen LogP contribution is 2.57. The van der Waals surface area contributed by atoms with Crippen LogP contribution in [0.4, 0.5) is 4.79 Å². The van der Waals surface area contributed by atoms with Gasteiger partial charge in [0.05, 0.1) is 16.9 Å². The van der Waals surface area contributed by atoms with Gasteiger partial charge in [0.1, 0.15) is 19.1 Å². The van der Waals surface area contributed by atoms with Crippen molar-refractivity contribution in [3.63, 3.8) is 0 Å². The van der Waals surface area contributed by atoms with Gasteiger partial charge in [-0.2, -0.15) is 5.10 Å². The lowest BCUT2D eigenvalue weighted by Gasteiger charge is -2.36. The molecule has 284 valence electrons. The lowest BCUT2D eigenvalue weighted by Crippen LogP contribution is -2.48. The lowest BCUT2D eigenvalue weighted by molar-refractivity contribution is 0.0629. The summed E-state index contributed by atoms with van der Waals surface area (Å²) in [5, 5.41) is 5.44. The zero-order chi connectivity index (χ0) is 38.0. The van der Waals surface area contributed by atoms with E-state index in [1.54, 1.807) is 12.4 Å². The van der Waals surface area contributed by atoms with E-state index in [0.29, 0.717) is 44.0 Å². The number of allylic oxidation sites excluding steroid dienone is 4. The first kappa shape index (κ1) is 36.9. The highest BCUT2D eigenvalue weighted by atomic mass is 28.3. The van der Waals surface area contributed by atoms with Gasteiger partial charge in [-0.25, -0.2) is 14.5 Å². The predicted molar refractivity (Wildman–Crippen MR) is 218 cm³/mol. The van der Waals surface area contributed by atoms with Crippen LogP contribution in [0.2, 0.25) is 25.7 Å². The molecule has 0 spiro atoms. The van der Waals surface area contributed by atoms with E-state index in [9.17, 15) is 4.79 Å². The summed E-state index contributed by atoms with van der Waals surface area (Å²) in [4.78, 5) is 26.9. The third-order valence-corrected chi connectivity index (χ3v) is 13.0. The molecule has 3 unspecified atom stereocenters. The molecule has 3 aliphatic rings. The molecule has 1 aliphatic heterocycles. The number of piperazine rings is 1. The molecule has 0 N–H and O–H groups in total. The first-order valence-electron chi connectivity index (χ1n) is 19.4. The minimum Gasteiger partial charge on any atom is -0.449 e. The molecule has 4 heterocycles. The summed E-state index contributed by atoms with van der Waals surface area (Å²) in [6.07, 6.45) is 12.2. The molecule has 2 aliphatic carbocycles. The summed E-state index contributed by atoms with van der Waals surface area (Å²) in [7, 11) is -1.14. The van der Waals surface area contributed by atoms with Crippen molar-refractivity contribution < 1.29 is 19.0 Å². The minimum atomic E-state index is -1.14. The van der Waals surface area contributed by atoms with E-state index in [-0.39, 0.29) is 17.4 Å². The molecule has 0 bridgehead atoms. The molecule has 10 nitrogen and oxygen atoms in total. The quantitative estimate of drug-likeness (QED) is 0.0922. The Morgan fingerprint density at radius 3 is 2.58 bits per heavy atom. The van der Waals surface area contributed by atoms with Gasteiger partial charge in [-0.15, -0.1) is 0 Å². The van der Waals surface area contributed by atoms with Gasteiger partial charge in [0, 0.05) is 94.1 Å². The summed E-state index contributed by atoms with van der Waals surface area (Å²) in [5.74, 6) is 1.64. The van der Waals surface area contributed by atoms with Gasteiger partial charge >= 0.3 is 6.09 Å². The van der Waals surface area contributed by atoms with Crippen LogP contribution in [-0.4, -0.2) is 83.1 Å². The van der Waals surface area contributed by atoms with Crippen LogP contribution in [0.1, 0.15) is 35.6 Å². The number of benzene rings is 2. The Bertz CT molecular complexity index is 2200. The van der Waals surface area contributed by atoms with E-state index < -0.39 is 8.07 Å². The molecule has 1 saturated heterocycles. The number of aromatic nitrogens is 4. The number of ether oxygens (including phenoxy) is 3. The normalized spacial score (nSPS) is 20.8. The molecule has 8 rings (SSSR count). The number of amides is 1. The van der Waals surface area contributed by atoms with Gasteiger partial charge in [-0.3, -0.25) is 9.88 Å². The Labute approximate surface area is 324 Å². The van der Waals surface area contributed by atoms with E-state index in [1.807, 2.05) is 46.0 Å². The second-order valence-electron chi connectivity index (χ2n) is 16.3. The van der Waals surface area contributed by atoms with Crippen LogP contribution < -0.4 is 4.74 Å². The van der Waals surface area contributed by atoms with Crippen molar-refractivity contribution in [1.29, 1.82) is 0 Å². The summed E-state index contributed by atoms with van der Waals surface area (Å²) < 4.78 is 19.9. The SMILES string of the molecule is CC12C=CC=CC1c1ccccc1C2COC(=O)N1CCN(Cc2ccc3cc(Oc4ccc(-c5ccnn5COCC[Si](C)(C)C)cn4)ccc3n2)CC1. The van der Waals surface area contributed by atoms with Crippen molar-refractivity contribution in [2.75, 3.05) is 39.4 Å². The van der Waals surface area contributed by atoms with Crippen LogP contribution in [-0.2, 0) is 22.7 Å². The Morgan fingerprint density at radius 1 is 0.945 bits per heavy atom. The minimum absolute atomic E-state index is 0.0993. The van der Waals surface area contributed by atoms with E-state index in [4.69, 9.17) is 19.2 Å². The van der Waals surface area contributed by atoms with Crippen molar-refractivity contribution in [2.45, 2.75) is 57.7 Å². The number of pyridine rings is 2. The van der Waals surface area contributed by atoms with Crippen LogP contribution in [0.25, 0.3) is 22.2 Å². The van der Waals surface area contributed by atoms with Crippen LogP contribution in [0.15, 0.2) is 109 Å². The second kappa shape index (κ2) is 15.6. The third kappa shape index (κ3) is 8.15. The fraction of sp³-hybridized carbons (Fsp3) is 0.364. The number of carbonyl (C=O) groups is 1. The Kier molecular flexibility index (Phi) is 10.4. The fourth-order valence-electron chi connectivity index (χ4n) is 8.02. The predicted octanol–water partition coefficient (Wildman–Crippen LogP) is 8.87. The lowest BCUT2D eigenvalue weighted by atomic mass is 9.70. The summed E-state index contributed by atoms with van der Waals surface area (Å²) in [6.45, 7) is 14.4. The molecule has 5 aromatic rings. The zero-order valence-corrected chi connectivity index (χ0v) is 33.2. The van der Waals surface area contributed by atoms with Gasteiger partial charge in [-0.05, 0) is 53.6 Å². The summed E-state index contributed by atoms with van der Waals surface area (Å²) in [6, 6.07) is 25.6. The monoisotopic (exact) mass is 754 g/mol. The largest absolute Gasteiger partial charge is 0.449 e. The molecule has 0 saturated carbocycles. The average Bonchev–Trinajstić information content (AvgIpc) is 3.75. The highest BCUT2D eigenvalue weighted by molar-refractivity contribution is 6.76. The highest BCUT2D eigenvalue weighted by Gasteiger charge is 2.48. The maximum absolute atomic E-state index is 13.2. The van der Waals surface area contributed by atoms with Crippen molar-refractivity contribution in [1.82, 2.24) is 29.5 Å². The molecule has 2 aromatic carbocycles. The maximum Gasteiger partial charge on any atom is 0.409 e. The van der Waals surface area contributed by atoms with Gasteiger partial charge < -0.3 is 19.1 Å².